The summed E-state index contributed by atoms with van der Waals surface area (Å²) < 4.78 is 5.71. The Morgan fingerprint density at radius 2 is 1.71 bits per heavy atom. The van der Waals surface area contributed by atoms with Crippen LogP contribution < -0.4 is 0 Å². The van der Waals surface area contributed by atoms with Crippen molar-refractivity contribution in [1.82, 2.24) is 9.97 Å². The molecule has 4 nitrogen and oxygen atoms in total. The Morgan fingerprint density at radius 3 is 2.57 bits per heavy atom. The molecule has 0 amide bonds. The van der Waals surface area contributed by atoms with Crippen LogP contribution in [0.15, 0.2) is 65.3 Å². The van der Waals surface area contributed by atoms with Crippen LogP contribution >= 0.6 is 0 Å². The van der Waals surface area contributed by atoms with Gasteiger partial charge in [-0.25, -0.2) is 0 Å². The lowest BCUT2D eigenvalue weighted by atomic mass is 10.1. The number of aromatic nitrogens is 2. The molecule has 0 aliphatic rings. The number of aliphatic hydroxyl groups excluding tert-OH is 1. The summed E-state index contributed by atoms with van der Waals surface area (Å²) in [6.07, 6.45) is 2.47. The van der Waals surface area contributed by atoms with E-state index in [1.807, 2.05) is 48.5 Å². The minimum Gasteiger partial charge on any atom is -0.458 e. The topological polar surface area (TPSA) is 59.2 Å². The number of aliphatic hydroxyl groups is 1. The van der Waals surface area contributed by atoms with Gasteiger partial charge in [-0.3, -0.25) is 9.97 Å². The zero-order valence-electron chi connectivity index (χ0n) is 11.1. The van der Waals surface area contributed by atoms with Crippen LogP contribution in [0.1, 0.15) is 17.4 Å². The van der Waals surface area contributed by atoms with Crippen LogP contribution in [0, 0.1) is 0 Å². The second-order valence-electron chi connectivity index (χ2n) is 4.89. The van der Waals surface area contributed by atoms with Gasteiger partial charge in [0.05, 0.1) is 11.0 Å². The monoisotopic (exact) mass is 276 g/mol. The molecule has 2 aromatic heterocycles. The summed E-state index contributed by atoms with van der Waals surface area (Å²) >= 11 is 0. The summed E-state index contributed by atoms with van der Waals surface area (Å²) in [6.45, 7) is 0. The molecule has 0 aliphatic heterocycles. The number of rotatable bonds is 2. The lowest BCUT2D eigenvalue weighted by Gasteiger charge is -2.08. The Kier molecular flexibility index (Phi) is 2.69. The molecule has 1 N–H and O–H groups in total. The van der Waals surface area contributed by atoms with Crippen LogP contribution in [-0.4, -0.2) is 15.1 Å². The van der Waals surface area contributed by atoms with Crippen molar-refractivity contribution in [1.29, 1.82) is 0 Å². The molecule has 4 aromatic rings. The Balaban J connectivity index is 1.79. The van der Waals surface area contributed by atoms with Gasteiger partial charge in [0.2, 0.25) is 0 Å². The number of hydrogen-bond donors (Lipinski definition) is 1. The molecule has 0 radical (unpaired) electrons. The second kappa shape index (κ2) is 4.68. The Morgan fingerprint density at radius 1 is 0.905 bits per heavy atom. The van der Waals surface area contributed by atoms with E-state index < -0.39 is 6.10 Å². The minimum atomic E-state index is -0.816. The van der Waals surface area contributed by atoms with E-state index in [2.05, 4.69) is 9.97 Å². The van der Waals surface area contributed by atoms with Crippen molar-refractivity contribution in [3.63, 3.8) is 0 Å². The molecular weight excluding hydrogens is 264 g/mol. The van der Waals surface area contributed by atoms with Crippen molar-refractivity contribution < 1.29 is 9.52 Å². The molecular formula is C17H12N2O2. The first-order valence-corrected chi connectivity index (χ1v) is 6.68. The smallest absolute Gasteiger partial charge is 0.138 e. The SMILES string of the molecule is OC(c1ccc2nccnc2c1)c1cc2ccccc2o1. The average molecular weight is 276 g/mol. The van der Waals surface area contributed by atoms with Crippen LogP contribution in [0.2, 0.25) is 0 Å². The Bertz CT molecular complexity index is 897. The van der Waals surface area contributed by atoms with Crippen molar-refractivity contribution >= 4 is 22.0 Å². The van der Waals surface area contributed by atoms with E-state index in [4.69, 9.17) is 4.42 Å². The van der Waals surface area contributed by atoms with Gasteiger partial charge in [0.1, 0.15) is 17.4 Å². The van der Waals surface area contributed by atoms with Crippen LogP contribution in [0.5, 0.6) is 0 Å². The van der Waals surface area contributed by atoms with E-state index in [-0.39, 0.29) is 0 Å². The molecule has 0 bridgehead atoms. The van der Waals surface area contributed by atoms with Gasteiger partial charge in [0.25, 0.3) is 0 Å². The lowest BCUT2D eigenvalue weighted by molar-refractivity contribution is 0.192. The highest BCUT2D eigenvalue weighted by Crippen LogP contribution is 2.29. The third-order valence-electron chi connectivity index (χ3n) is 3.52. The molecule has 2 heterocycles. The molecule has 102 valence electrons. The first-order chi connectivity index (χ1) is 10.3. The second-order valence-corrected chi connectivity index (χ2v) is 4.89. The van der Waals surface area contributed by atoms with Gasteiger partial charge < -0.3 is 9.52 Å². The maximum absolute atomic E-state index is 10.5. The van der Waals surface area contributed by atoms with Gasteiger partial charge in [-0.1, -0.05) is 24.3 Å². The molecule has 1 atom stereocenters. The van der Waals surface area contributed by atoms with Gasteiger partial charge in [0, 0.05) is 17.8 Å². The third kappa shape index (κ3) is 2.06. The minimum absolute atomic E-state index is 0.527. The summed E-state index contributed by atoms with van der Waals surface area (Å²) in [6, 6.07) is 15.1. The third-order valence-corrected chi connectivity index (χ3v) is 3.52. The zero-order valence-corrected chi connectivity index (χ0v) is 11.1. The lowest BCUT2D eigenvalue weighted by Crippen LogP contribution is -1.98. The highest BCUT2D eigenvalue weighted by molar-refractivity contribution is 5.78. The predicted molar refractivity (Wildman–Crippen MR) is 79.8 cm³/mol. The van der Waals surface area contributed by atoms with Crippen LogP contribution in [0.3, 0.4) is 0 Å². The molecule has 0 saturated carbocycles. The summed E-state index contributed by atoms with van der Waals surface area (Å²) in [7, 11) is 0. The summed E-state index contributed by atoms with van der Waals surface area (Å²) in [5.41, 5.74) is 3.07. The van der Waals surface area contributed by atoms with Crippen molar-refractivity contribution in [2.24, 2.45) is 0 Å². The van der Waals surface area contributed by atoms with Gasteiger partial charge in [-0.15, -0.1) is 0 Å². The molecule has 0 aliphatic carbocycles. The van der Waals surface area contributed by atoms with E-state index in [1.54, 1.807) is 12.4 Å². The standard InChI is InChI=1S/C17H12N2O2/c20-17(16-10-11-3-1-2-4-15(11)21-16)12-5-6-13-14(9-12)19-8-7-18-13/h1-10,17,20H. The fourth-order valence-corrected chi connectivity index (χ4v) is 2.45. The number of furan rings is 1. The van der Waals surface area contributed by atoms with Gasteiger partial charge >= 0.3 is 0 Å². The highest BCUT2D eigenvalue weighted by atomic mass is 16.4. The summed E-state index contributed by atoms with van der Waals surface area (Å²) in [4.78, 5) is 8.48. The zero-order chi connectivity index (χ0) is 14.2. The normalized spacial score (nSPS) is 12.8. The number of fused-ring (bicyclic) bond motifs is 2. The van der Waals surface area contributed by atoms with Crippen molar-refractivity contribution in [3.05, 3.63) is 72.2 Å². The largest absolute Gasteiger partial charge is 0.458 e. The maximum Gasteiger partial charge on any atom is 0.138 e. The highest BCUT2D eigenvalue weighted by Gasteiger charge is 2.16. The molecule has 0 fully saturated rings. The predicted octanol–water partition coefficient (Wildman–Crippen LogP) is 3.46. The Labute approximate surface area is 120 Å². The molecule has 1 unspecified atom stereocenters. The van der Waals surface area contributed by atoms with Gasteiger partial charge in [-0.2, -0.15) is 0 Å². The van der Waals surface area contributed by atoms with Crippen molar-refractivity contribution in [2.75, 3.05) is 0 Å². The van der Waals surface area contributed by atoms with Crippen molar-refractivity contribution in [3.8, 4) is 0 Å². The average Bonchev–Trinajstić information content (AvgIpc) is 2.97. The van der Waals surface area contributed by atoms with Crippen molar-refractivity contribution in [2.45, 2.75) is 6.10 Å². The molecule has 21 heavy (non-hydrogen) atoms. The number of nitrogens with zero attached hydrogens (tertiary/aromatic N) is 2. The maximum atomic E-state index is 10.5. The first kappa shape index (κ1) is 12.1. The molecule has 0 spiro atoms. The van der Waals surface area contributed by atoms with E-state index >= 15 is 0 Å². The molecule has 4 rings (SSSR count). The number of benzene rings is 2. The van der Waals surface area contributed by atoms with Crippen LogP contribution in [0.25, 0.3) is 22.0 Å². The quantitative estimate of drug-likeness (QED) is 0.609. The van der Waals surface area contributed by atoms with E-state index in [0.29, 0.717) is 5.76 Å². The first-order valence-electron chi connectivity index (χ1n) is 6.68. The molecule has 2 aromatic carbocycles. The summed E-state index contributed by atoms with van der Waals surface area (Å²) in [5, 5.41) is 11.5. The number of para-hydroxylation sites is 1. The van der Waals surface area contributed by atoms with E-state index in [0.717, 1.165) is 27.6 Å². The van der Waals surface area contributed by atoms with Crippen LogP contribution in [-0.2, 0) is 0 Å². The molecule has 4 heteroatoms. The van der Waals surface area contributed by atoms with Gasteiger partial charge in [-0.05, 0) is 29.8 Å². The fourth-order valence-electron chi connectivity index (χ4n) is 2.45. The fraction of sp³-hybridized carbons (Fsp3) is 0.0588. The summed E-state index contributed by atoms with van der Waals surface area (Å²) in [5.74, 6) is 0.527. The Hall–Kier alpha value is -2.72. The van der Waals surface area contributed by atoms with E-state index in [1.165, 1.54) is 0 Å². The van der Waals surface area contributed by atoms with Gasteiger partial charge in [0.15, 0.2) is 0 Å². The van der Waals surface area contributed by atoms with E-state index in [9.17, 15) is 5.11 Å². The number of hydrogen-bond acceptors (Lipinski definition) is 4. The molecule has 0 saturated heterocycles. The van der Waals surface area contributed by atoms with Crippen LogP contribution in [0.4, 0.5) is 0 Å².